The highest BCUT2D eigenvalue weighted by molar-refractivity contribution is 5.76. The Bertz CT molecular complexity index is 713. The normalized spacial score (nSPS) is 17.2. The first-order valence-electron chi connectivity index (χ1n) is 8.38. The van der Waals surface area contributed by atoms with E-state index in [1.165, 1.54) is 12.8 Å². The number of carbonyl (C=O) groups is 1. The summed E-state index contributed by atoms with van der Waals surface area (Å²) >= 11 is 0. The van der Waals surface area contributed by atoms with Gasteiger partial charge in [-0.1, -0.05) is 0 Å². The minimum Gasteiger partial charge on any atom is -0.455 e. The quantitative estimate of drug-likeness (QED) is 0.808. The van der Waals surface area contributed by atoms with E-state index in [0.29, 0.717) is 38.0 Å². The van der Waals surface area contributed by atoms with Crippen molar-refractivity contribution in [3.8, 4) is 6.01 Å². The molecule has 1 fully saturated rings. The van der Waals surface area contributed by atoms with Crippen LogP contribution in [0.15, 0.2) is 18.5 Å². The van der Waals surface area contributed by atoms with Crippen LogP contribution in [0.2, 0.25) is 0 Å². The van der Waals surface area contributed by atoms with Gasteiger partial charge in [0, 0.05) is 44.9 Å². The molecule has 0 unspecified atom stereocenters. The van der Waals surface area contributed by atoms with Gasteiger partial charge in [0.15, 0.2) is 12.4 Å². The summed E-state index contributed by atoms with van der Waals surface area (Å²) in [6.07, 6.45) is 7.10. The van der Waals surface area contributed by atoms with Crippen molar-refractivity contribution in [2.24, 2.45) is 5.92 Å². The number of carbonyl (C=O) groups excluding carboxylic acids is 1. The molecule has 8 nitrogen and oxygen atoms in total. The number of rotatable bonds is 5. The highest BCUT2D eigenvalue weighted by Gasteiger charge is 2.28. The fourth-order valence-corrected chi connectivity index (χ4v) is 2.93. The molecule has 0 spiro atoms. The van der Waals surface area contributed by atoms with Crippen LogP contribution >= 0.6 is 0 Å². The summed E-state index contributed by atoms with van der Waals surface area (Å²) in [7, 11) is 0. The molecular formula is C16H20N6O2. The molecule has 1 amide bonds. The maximum Gasteiger partial charge on any atom is 0.316 e. The Hall–Kier alpha value is -2.51. The van der Waals surface area contributed by atoms with Crippen LogP contribution in [-0.2, 0) is 24.4 Å². The molecule has 126 valence electrons. The van der Waals surface area contributed by atoms with Gasteiger partial charge in [0.2, 0.25) is 5.91 Å². The Morgan fingerprint density at radius 3 is 2.79 bits per heavy atom. The molecule has 0 saturated heterocycles. The zero-order chi connectivity index (χ0) is 16.4. The molecular weight excluding hydrogens is 308 g/mol. The highest BCUT2D eigenvalue weighted by atomic mass is 16.5. The smallest absolute Gasteiger partial charge is 0.316 e. The number of fused-ring (bicyclic) bond motifs is 1. The molecule has 24 heavy (non-hydrogen) atoms. The average Bonchev–Trinajstić information content (AvgIpc) is 3.37. The SMILES string of the molecule is O=C(CC1CC1)N1CCc2nnc(COc3ncccn3)n2CC1. The van der Waals surface area contributed by atoms with Crippen molar-refractivity contribution in [3.63, 3.8) is 0 Å². The fraction of sp³-hybridized carbons (Fsp3) is 0.562. The van der Waals surface area contributed by atoms with Gasteiger partial charge in [0.25, 0.3) is 0 Å². The summed E-state index contributed by atoms with van der Waals surface area (Å²) in [6.45, 7) is 2.39. The van der Waals surface area contributed by atoms with Crippen molar-refractivity contribution in [1.82, 2.24) is 29.6 Å². The first kappa shape index (κ1) is 15.0. The second-order valence-electron chi connectivity index (χ2n) is 6.28. The average molecular weight is 328 g/mol. The molecule has 0 N–H and O–H groups in total. The van der Waals surface area contributed by atoms with Crippen LogP contribution in [0, 0.1) is 5.92 Å². The summed E-state index contributed by atoms with van der Waals surface area (Å²) in [4.78, 5) is 22.3. The van der Waals surface area contributed by atoms with Gasteiger partial charge >= 0.3 is 6.01 Å². The van der Waals surface area contributed by atoms with Crippen LogP contribution in [0.5, 0.6) is 6.01 Å². The van der Waals surface area contributed by atoms with Crippen molar-refractivity contribution >= 4 is 5.91 Å². The lowest BCUT2D eigenvalue weighted by molar-refractivity contribution is -0.131. The number of aromatic nitrogens is 5. The predicted molar refractivity (Wildman–Crippen MR) is 84.0 cm³/mol. The number of hydrogen-bond donors (Lipinski definition) is 0. The molecule has 8 heteroatoms. The van der Waals surface area contributed by atoms with E-state index in [0.717, 1.165) is 18.1 Å². The molecule has 0 atom stereocenters. The third kappa shape index (κ3) is 3.37. The van der Waals surface area contributed by atoms with Gasteiger partial charge in [-0.15, -0.1) is 10.2 Å². The van der Waals surface area contributed by atoms with Crippen LogP contribution in [-0.4, -0.2) is 48.6 Å². The van der Waals surface area contributed by atoms with Gasteiger partial charge in [-0.2, -0.15) is 0 Å². The van der Waals surface area contributed by atoms with Gasteiger partial charge in [-0.25, -0.2) is 9.97 Å². The molecule has 1 saturated carbocycles. The second kappa shape index (κ2) is 6.54. The molecule has 3 heterocycles. The Morgan fingerprint density at radius 2 is 2.00 bits per heavy atom. The van der Waals surface area contributed by atoms with E-state index in [1.54, 1.807) is 18.5 Å². The molecule has 0 radical (unpaired) electrons. The lowest BCUT2D eigenvalue weighted by Gasteiger charge is -2.20. The molecule has 2 aromatic heterocycles. The van der Waals surface area contributed by atoms with E-state index in [4.69, 9.17) is 4.74 Å². The molecule has 1 aliphatic carbocycles. The zero-order valence-corrected chi connectivity index (χ0v) is 13.5. The van der Waals surface area contributed by atoms with E-state index in [9.17, 15) is 4.79 Å². The Balaban J connectivity index is 1.39. The standard InChI is InChI=1S/C16H20N6O2/c23-15(10-12-2-3-12)21-7-4-13-19-20-14(22(13)9-8-21)11-24-16-17-5-1-6-18-16/h1,5-6,12H,2-4,7-11H2. The molecule has 4 rings (SSSR count). The van der Waals surface area contributed by atoms with Crippen molar-refractivity contribution in [2.45, 2.75) is 38.8 Å². The van der Waals surface area contributed by atoms with Gasteiger partial charge in [0.1, 0.15) is 5.82 Å². The second-order valence-corrected chi connectivity index (χ2v) is 6.28. The van der Waals surface area contributed by atoms with Crippen molar-refractivity contribution in [2.75, 3.05) is 13.1 Å². The maximum absolute atomic E-state index is 12.3. The monoisotopic (exact) mass is 328 g/mol. The third-order valence-corrected chi connectivity index (χ3v) is 4.49. The maximum atomic E-state index is 12.3. The van der Waals surface area contributed by atoms with E-state index in [-0.39, 0.29) is 12.5 Å². The minimum absolute atomic E-state index is 0.270. The number of hydrogen-bond acceptors (Lipinski definition) is 6. The third-order valence-electron chi connectivity index (χ3n) is 4.49. The largest absolute Gasteiger partial charge is 0.455 e. The molecule has 0 bridgehead atoms. The first-order chi connectivity index (χ1) is 11.8. The van der Waals surface area contributed by atoms with Crippen LogP contribution < -0.4 is 4.74 Å². The van der Waals surface area contributed by atoms with Crippen LogP contribution in [0.25, 0.3) is 0 Å². The lowest BCUT2D eigenvalue weighted by atomic mass is 10.2. The Labute approximate surface area is 139 Å². The number of ether oxygens (including phenoxy) is 1. The van der Waals surface area contributed by atoms with Crippen molar-refractivity contribution in [3.05, 3.63) is 30.1 Å². The van der Waals surface area contributed by atoms with Gasteiger partial charge in [0.05, 0.1) is 0 Å². The molecule has 1 aliphatic heterocycles. The van der Waals surface area contributed by atoms with E-state index >= 15 is 0 Å². The summed E-state index contributed by atoms with van der Waals surface area (Å²) in [6, 6.07) is 2.06. The minimum atomic E-state index is 0.270. The van der Waals surface area contributed by atoms with Gasteiger partial charge in [-0.05, 0) is 24.8 Å². The Morgan fingerprint density at radius 1 is 1.17 bits per heavy atom. The van der Waals surface area contributed by atoms with Crippen LogP contribution in [0.3, 0.4) is 0 Å². The topological polar surface area (TPSA) is 86.0 Å². The first-order valence-corrected chi connectivity index (χ1v) is 8.38. The number of nitrogens with zero attached hydrogens (tertiary/aromatic N) is 6. The van der Waals surface area contributed by atoms with E-state index in [1.807, 2.05) is 9.47 Å². The van der Waals surface area contributed by atoms with Crippen LogP contribution in [0.1, 0.15) is 30.9 Å². The summed E-state index contributed by atoms with van der Waals surface area (Å²) in [5.74, 6) is 2.54. The summed E-state index contributed by atoms with van der Waals surface area (Å²) < 4.78 is 7.62. The molecule has 2 aliphatic rings. The van der Waals surface area contributed by atoms with Gasteiger partial charge in [-0.3, -0.25) is 4.79 Å². The van der Waals surface area contributed by atoms with E-state index in [2.05, 4.69) is 20.2 Å². The Kier molecular flexibility index (Phi) is 4.10. The fourth-order valence-electron chi connectivity index (χ4n) is 2.93. The van der Waals surface area contributed by atoms with Crippen LogP contribution in [0.4, 0.5) is 0 Å². The summed E-state index contributed by atoms with van der Waals surface area (Å²) in [5.41, 5.74) is 0. The van der Waals surface area contributed by atoms with E-state index < -0.39 is 0 Å². The highest BCUT2D eigenvalue weighted by Crippen LogP contribution is 2.33. The predicted octanol–water partition coefficient (Wildman–Crippen LogP) is 0.832. The number of amides is 1. The molecule has 2 aromatic rings. The zero-order valence-electron chi connectivity index (χ0n) is 13.5. The lowest BCUT2D eigenvalue weighted by Crippen LogP contribution is -2.34. The van der Waals surface area contributed by atoms with Crippen molar-refractivity contribution < 1.29 is 9.53 Å². The summed E-state index contributed by atoms with van der Waals surface area (Å²) in [5, 5.41) is 8.46. The van der Waals surface area contributed by atoms with Crippen molar-refractivity contribution in [1.29, 1.82) is 0 Å². The molecule has 0 aromatic carbocycles. The van der Waals surface area contributed by atoms with Gasteiger partial charge < -0.3 is 14.2 Å².